The van der Waals surface area contributed by atoms with E-state index in [0.717, 1.165) is 34.1 Å². The predicted molar refractivity (Wildman–Crippen MR) is 89.2 cm³/mol. The molecule has 0 amide bonds. The lowest BCUT2D eigenvalue weighted by Gasteiger charge is -2.03. The summed E-state index contributed by atoms with van der Waals surface area (Å²) in [6.07, 6.45) is 3.30. The Labute approximate surface area is 136 Å². The Bertz CT molecular complexity index is 874. The van der Waals surface area contributed by atoms with E-state index < -0.39 is 0 Å². The van der Waals surface area contributed by atoms with Gasteiger partial charge in [-0.3, -0.25) is 0 Å². The number of fused-ring (bicyclic) bond motifs is 1. The number of hydrogen-bond acceptors (Lipinski definition) is 4. The number of nitrogens with zero attached hydrogens (tertiary/aromatic N) is 4. The van der Waals surface area contributed by atoms with E-state index in [1.54, 1.807) is 4.52 Å². The van der Waals surface area contributed by atoms with Crippen LogP contribution >= 0.6 is 15.9 Å². The molecule has 0 aliphatic heterocycles. The first kappa shape index (κ1) is 14.5. The first-order valence-electron chi connectivity index (χ1n) is 6.97. The zero-order valence-electron chi connectivity index (χ0n) is 12.0. The van der Waals surface area contributed by atoms with Crippen LogP contribution in [0.4, 0.5) is 5.82 Å². The van der Waals surface area contributed by atoms with Gasteiger partial charge in [-0.05, 0) is 24.1 Å². The fourth-order valence-corrected chi connectivity index (χ4v) is 2.72. The van der Waals surface area contributed by atoms with E-state index in [1.165, 1.54) is 6.20 Å². The maximum absolute atomic E-state index is 9.09. The number of nitrogens with two attached hydrogens (primary N) is 1. The van der Waals surface area contributed by atoms with Crippen LogP contribution in [0.15, 0.2) is 34.9 Å². The number of nitrogen functional groups attached to an aromatic ring is 1. The van der Waals surface area contributed by atoms with Gasteiger partial charge in [-0.15, -0.1) is 0 Å². The van der Waals surface area contributed by atoms with Crippen LogP contribution in [-0.2, 0) is 6.42 Å². The molecule has 0 spiro atoms. The van der Waals surface area contributed by atoms with Crippen LogP contribution in [0.25, 0.3) is 16.8 Å². The number of halogens is 1. The number of anilines is 1. The average Bonchev–Trinajstić information content (AvgIpc) is 2.88. The average molecular weight is 356 g/mol. The lowest BCUT2D eigenvalue weighted by atomic mass is 10.0. The minimum absolute atomic E-state index is 0.327. The summed E-state index contributed by atoms with van der Waals surface area (Å²) in [4.78, 5) is 4.40. The Morgan fingerprint density at radius 3 is 2.68 bits per heavy atom. The Balaban J connectivity index is 2.31. The standard InChI is InChI=1S/C16H14BrN5/c1-2-3-13-14(10-4-6-12(17)7-5-10)16-20-9-11(8-18)15(19)22(16)21-13/h4-7,9H,2-3,19H2,1H3. The van der Waals surface area contributed by atoms with Gasteiger partial charge in [0.25, 0.3) is 0 Å². The molecule has 0 atom stereocenters. The summed E-state index contributed by atoms with van der Waals surface area (Å²) in [5.41, 5.74) is 10.0. The molecule has 0 unspecified atom stereocenters. The molecule has 0 bridgehead atoms. The summed E-state index contributed by atoms with van der Waals surface area (Å²) in [5.74, 6) is 0.327. The summed E-state index contributed by atoms with van der Waals surface area (Å²) in [7, 11) is 0. The van der Waals surface area contributed by atoms with E-state index in [0.29, 0.717) is 17.0 Å². The minimum Gasteiger partial charge on any atom is -0.382 e. The van der Waals surface area contributed by atoms with E-state index in [9.17, 15) is 0 Å². The van der Waals surface area contributed by atoms with Crippen molar-refractivity contribution < 1.29 is 0 Å². The smallest absolute Gasteiger partial charge is 0.165 e. The summed E-state index contributed by atoms with van der Waals surface area (Å²) >= 11 is 3.45. The number of hydrogen-bond donors (Lipinski definition) is 1. The quantitative estimate of drug-likeness (QED) is 0.778. The van der Waals surface area contributed by atoms with Gasteiger partial charge in [0.1, 0.15) is 17.5 Å². The molecule has 0 radical (unpaired) electrons. The molecule has 22 heavy (non-hydrogen) atoms. The van der Waals surface area contributed by atoms with Gasteiger partial charge in [0.05, 0.1) is 11.9 Å². The number of aromatic nitrogens is 3. The van der Waals surface area contributed by atoms with Crippen molar-refractivity contribution in [3.63, 3.8) is 0 Å². The summed E-state index contributed by atoms with van der Waals surface area (Å²) in [6.45, 7) is 2.10. The molecule has 2 aromatic heterocycles. The van der Waals surface area contributed by atoms with Crippen molar-refractivity contribution in [2.24, 2.45) is 0 Å². The van der Waals surface area contributed by atoms with Crippen LogP contribution in [0.2, 0.25) is 0 Å². The molecule has 1 aromatic carbocycles. The molecular formula is C16H14BrN5. The second-order valence-electron chi connectivity index (χ2n) is 4.98. The van der Waals surface area contributed by atoms with Crippen LogP contribution in [0.1, 0.15) is 24.6 Å². The van der Waals surface area contributed by atoms with Gasteiger partial charge in [-0.2, -0.15) is 14.9 Å². The minimum atomic E-state index is 0.327. The summed E-state index contributed by atoms with van der Waals surface area (Å²) in [5, 5.41) is 13.7. The summed E-state index contributed by atoms with van der Waals surface area (Å²) < 4.78 is 2.59. The van der Waals surface area contributed by atoms with E-state index in [4.69, 9.17) is 11.0 Å². The molecule has 6 heteroatoms. The van der Waals surface area contributed by atoms with Crippen molar-refractivity contribution >= 4 is 27.4 Å². The fourth-order valence-electron chi connectivity index (χ4n) is 2.46. The molecule has 2 heterocycles. The van der Waals surface area contributed by atoms with Gasteiger partial charge in [0, 0.05) is 10.0 Å². The highest BCUT2D eigenvalue weighted by Crippen LogP contribution is 2.30. The van der Waals surface area contributed by atoms with Crippen LogP contribution in [0, 0.1) is 11.3 Å². The fraction of sp³-hybridized carbons (Fsp3) is 0.188. The van der Waals surface area contributed by atoms with Gasteiger partial charge >= 0.3 is 0 Å². The Hall–Kier alpha value is -2.39. The predicted octanol–water partition coefficient (Wildman–Crippen LogP) is 3.57. The second kappa shape index (κ2) is 5.78. The number of aryl methyl sites for hydroxylation is 1. The molecule has 0 aliphatic rings. The first-order chi connectivity index (χ1) is 10.7. The van der Waals surface area contributed by atoms with Crippen molar-refractivity contribution in [3.8, 4) is 17.2 Å². The van der Waals surface area contributed by atoms with Gasteiger partial charge in [-0.1, -0.05) is 41.4 Å². The largest absolute Gasteiger partial charge is 0.382 e. The highest BCUT2D eigenvalue weighted by Gasteiger charge is 2.18. The van der Waals surface area contributed by atoms with Gasteiger partial charge in [-0.25, -0.2) is 4.98 Å². The number of benzene rings is 1. The van der Waals surface area contributed by atoms with Gasteiger partial charge < -0.3 is 5.73 Å². The second-order valence-corrected chi connectivity index (χ2v) is 5.90. The highest BCUT2D eigenvalue weighted by molar-refractivity contribution is 9.10. The van der Waals surface area contributed by atoms with Crippen LogP contribution in [0.5, 0.6) is 0 Å². The van der Waals surface area contributed by atoms with Crippen LogP contribution < -0.4 is 5.73 Å². The molecule has 110 valence electrons. The molecular weight excluding hydrogens is 342 g/mol. The third kappa shape index (κ3) is 2.34. The van der Waals surface area contributed by atoms with Crippen molar-refractivity contribution in [1.82, 2.24) is 14.6 Å². The molecule has 0 aliphatic carbocycles. The van der Waals surface area contributed by atoms with Crippen molar-refractivity contribution in [2.45, 2.75) is 19.8 Å². The van der Waals surface area contributed by atoms with E-state index in [-0.39, 0.29) is 0 Å². The van der Waals surface area contributed by atoms with Crippen LogP contribution in [-0.4, -0.2) is 14.6 Å². The first-order valence-corrected chi connectivity index (χ1v) is 7.77. The normalized spacial score (nSPS) is 10.8. The molecule has 3 rings (SSSR count). The van der Waals surface area contributed by atoms with Crippen LogP contribution in [0.3, 0.4) is 0 Å². The Kier molecular flexibility index (Phi) is 3.82. The van der Waals surface area contributed by atoms with Crippen molar-refractivity contribution in [1.29, 1.82) is 5.26 Å². The molecule has 0 saturated carbocycles. The number of rotatable bonds is 3. The molecule has 0 saturated heterocycles. The molecule has 3 aromatic rings. The van der Waals surface area contributed by atoms with Gasteiger partial charge in [0.15, 0.2) is 5.65 Å². The van der Waals surface area contributed by atoms with Crippen molar-refractivity contribution in [2.75, 3.05) is 5.73 Å². The Morgan fingerprint density at radius 2 is 2.05 bits per heavy atom. The highest BCUT2D eigenvalue weighted by atomic mass is 79.9. The zero-order chi connectivity index (χ0) is 15.7. The summed E-state index contributed by atoms with van der Waals surface area (Å²) in [6, 6.07) is 10.1. The van der Waals surface area contributed by atoms with E-state index >= 15 is 0 Å². The van der Waals surface area contributed by atoms with Gasteiger partial charge in [0.2, 0.25) is 0 Å². The third-order valence-corrected chi connectivity index (χ3v) is 4.02. The number of nitriles is 1. The monoisotopic (exact) mass is 355 g/mol. The van der Waals surface area contributed by atoms with E-state index in [1.807, 2.05) is 30.3 Å². The SMILES string of the molecule is CCCc1nn2c(N)c(C#N)cnc2c1-c1ccc(Br)cc1. The molecule has 2 N–H and O–H groups in total. The maximum Gasteiger partial charge on any atom is 0.165 e. The lowest BCUT2D eigenvalue weighted by molar-refractivity contribution is 0.837. The zero-order valence-corrected chi connectivity index (χ0v) is 13.6. The molecule has 0 fully saturated rings. The molecule has 5 nitrogen and oxygen atoms in total. The van der Waals surface area contributed by atoms with E-state index in [2.05, 4.69) is 32.9 Å². The lowest BCUT2D eigenvalue weighted by Crippen LogP contribution is -2.03. The van der Waals surface area contributed by atoms with Crippen molar-refractivity contribution in [3.05, 3.63) is 46.2 Å². The third-order valence-electron chi connectivity index (χ3n) is 3.49. The maximum atomic E-state index is 9.09. The topological polar surface area (TPSA) is 80.0 Å². The Morgan fingerprint density at radius 1 is 1.32 bits per heavy atom.